The van der Waals surface area contributed by atoms with Crippen LogP contribution in [-0.2, 0) is 16.6 Å². The Balaban J connectivity index is 1.67. The van der Waals surface area contributed by atoms with E-state index in [-0.39, 0.29) is 4.90 Å². The van der Waals surface area contributed by atoms with Gasteiger partial charge in [-0.1, -0.05) is 41.1 Å². The van der Waals surface area contributed by atoms with E-state index in [1.54, 1.807) is 24.3 Å². The molecule has 170 valence electrons. The van der Waals surface area contributed by atoms with E-state index in [4.69, 9.17) is 11.6 Å². The molecule has 0 radical (unpaired) electrons. The summed E-state index contributed by atoms with van der Waals surface area (Å²) < 4.78 is 30.1. The largest absolute Gasteiger partial charge is 0.316 e. The number of carbonyl (C=O) groups is 1. The Morgan fingerprint density at radius 3 is 2.39 bits per heavy atom. The second kappa shape index (κ2) is 9.13. The van der Waals surface area contributed by atoms with Gasteiger partial charge in [-0.2, -0.15) is 4.99 Å². The number of anilines is 1. The van der Waals surface area contributed by atoms with Gasteiger partial charge in [-0.05, 0) is 67.9 Å². The summed E-state index contributed by atoms with van der Waals surface area (Å²) in [6.07, 6.45) is 0. The Bertz CT molecular complexity index is 1510. The third kappa shape index (κ3) is 4.46. The lowest BCUT2D eigenvalue weighted by Gasteiger charge is -2.19. The molecule has 1 aromatic heterocycles. The van der Waals surface area contributed by atoms with E-state index < -0.39 is 15.9 Å². The highest BCUT2D eigenvalue weighted by Crippen LogP contribution is 2.26. The number of sulfonamides is 1. The average Bonchev–Trinajstić information content (AvgIpc) is 3.16. The summed E-state index contributed by atoms with van der Waals surface area (Å²) in [5.74, 6) is -0.437. The average molecular weight is 500 g/mol. The van der Waals surface area contributed by atoms with Gasteiger partial charge in [-0.25, -0.2) is 8.42 Å². The zero-order chi connectivity index (χ0) is 23.8. The van der Waals surface area contributed by atoms with Crippen molar-refractivity contribution in [3.05, 3.63) is 87.7 Å². The van der Waals surface area contributed by atoms with Crippen LogP contribution < -0.4 is 9.11 Å². The number of halogens is 1. The maximum Gasteiger partial charge on any atom is 0.279 e. The summed E-state index contributed by atoms with van der Waals surface area (Å²) in [4.78, 5) is 17.9. The van der Waals surface area contributed by atoms with Crippen LogP contribution in [0, 0.1) is 6.92 Å². The van der Waals surface area contributed by atoms with Crippen molar-refractivity contribution in [3.63, 3.8) is 0 Å². The number of rotatable bonds is 5. The van der Waals surface area contributed by atoms with Crippen LogP contribution in [0.1, 0.15) is 22.8 Å². The number of fused-ring (bicyclic) bond motifs is 1. The quantitative estimate of drug-likeness (QED) is 0.376. The molecular formula is C24H22ClN3O3S2. The lowest BCUT2D eigenvalue weighted by molar-refractivity contribution is 0.0997. The van der Waals surface area contributed by atoms with Crippen LogP contribution in [0.25, 0.3) is 10.2 Å². The van der Waals surface area contributed by atoms with Gasteiger partial charge in [0.25, 0.3) is 15.9 Å². The molecule has 33 heavy (non-hydrogen) atoms. The fourth-order valence-corrected chi connectivity index (χ4v) is 6.35. The minimum atomic E-state index is -3.75. The summed E-state index contributed by atoms with van der Waals surface area (Å²) >= 11 is 7.59. The van der Waals surface area contributed by atoms with Crippen molar-refractivity contribution in [1.82, 2.24) is 4.57 Å². The third-order valence-electron chi connectivity index (χ3n) is 5.33. The maximum atomic E-state index is 13.0. The van der Waals surface area contributed by atoms with Crippen LogP contribution >= 0.6 is 22.9 Å². The molecule has 1 heterocycles. The minimum Gasteiger partial charge on any atom is -0.316 e. The van der Waals surface area contributed by atoms with Gasteiger partial charge < -0.3 is 4.57 Å². The van der Waals surface area contributed by atoms with Gasteiger partial charge in [0, 0.05) is 24.2 Å². The third-order valence-corrected chi connectivity index (χ3v) is 8.37. The van der Waals surface area contributed by atoms with Gasteiger partial charge in [0.15, 0.2) is 4.80 Å². The van der Waals surface area contributed by atoms with Gasteiger partial charge in [0.2, 0.25) is 0 Å². The number of aromatic nitrogens is 1. The second-order valence-electron chi connectivity index (χ2n) is 7.45. The van der Waals surface area contributed by atoms with Gasteiger partial charge in [-0.3, -0.25) is 9.10 Å². The SMILES string of the molecule is CCn1c(=NC(=O)c2ccc(S(=O)(=O)N(C)c3ccccc3)cc2)sc2cc(Cl)cc(C)c21. The Kier molecular flexibility index (Phi) is 6.43. The normalized spacial score (nSPS) is 12.3. The van der Waals surface area contributed by atoms with Crippen LogP contribution in [0.3, 0.4) is 0 Å². The number of nitrogens with zero attached hydrogens (tertiary/aromatic N) is 3. The summed E-state index contributed by atoms with van der Waals surface area (Å²) in [6.45, 7) is 4.62. The van der Waals surface area contributed by atoms with Crippen molar-refractivity contribution in [2.75, 3.05) is 11.4 Å². The lowest BCUT2D eigenvalue weighted by Crippen LogP contribution is -2.26. The zero-order valence-corrected chi connectivity index (χ0v) is 20.7. The van der Waals surface area contributed by atoms with Gasteiger partial charge in [0.05, 0.1) is 20.8 Å². The van der Waals surface area contributed by atoms with Crippen molar-refractivity contribution in [1.29, 1.82) is 0 Å². The van der Waals surface area contributed by atoms with Crippen molar-refractivity contribution >= 4 is 54.8 Å². The molecule has 4 rings (SSSR count). The molecule has 0 bridgehead atoms. The van der Waals surface area contributed by atoms with Crippen LogP contribution in [0.4, 0.5) is 5.69 Å². The van der Waals surface area contributed by atoms with E-state index >= 15 is 0 Å². The first-order valence-corrected chi connectivity index (χ1v) is 12.9. The highest BCUT2D eigenvalue weighted by molar-refractivity contribution is 7.92. The Morgan fingerprint density at radius 2 is 1.76 bits per heavy atom. The molecule has 0 aliphatic carbocycles. The predicted molar refractivity (Wildman–Crippen MR) is 134 cm³/mol. The van der Waals surface area contributed by atoms with Crippen molar-refractivity contribution < 1.29 is 13.2 Å². The van der Waals surface area contributed by atoms with E-state index in [1.807, 2.05) is 36.6 Å². The first-order chi connectivity index (χ1) is 15.7. The number of hydrogen-bond donors (Lipinski definition) is 0. The topological polar surface area (TPSA) is 71.7 Å². The second-order valence-corrected chi connectivity index (χ2v) is 10.9. The number of carbonyl (C=O) groups excluding carboxylic acids is 1. The molecule has 0 aliphatic rings. The molecule has 0 atom stereocenters. The summed E-state index contributed by atoms with van der Waals surface area (Å²) in [5, 5.41) is 0.639. The smallest absolute Gasteiger partial charge is 0.279 e. The lowest BCUT2D eigenvalue weighted by atomic mass is 10.2. The van der Waals surface area contributed by atoms with Crippen LogP contribution in [0.2, 0.25) is 5.02 Å². The van der Waals surface area contributed by atoms with E-state index in [0.29, 0.717) is 27.6 Å². The Morgan fingerprint density at radius 1 is 1.09 bits per heavy atom. The van der Waals surface area contributed by atoms with E-state index in [2.05, 4.69) is 4.99 Å². The van der Waals surface area contributed by atoms with Crippen LogP contribution in [0.5, 0.6) is 0 Å². The van der Waals surface area contributed by atoms with Crippen LogP contribution in [-0.4, -0.2) is 25.9 Å². The highest BCUT2D eigenvalue weighted by atomic mass is 35.5. The fourth-order valence-electron chi connectivity index (χ4n) is 3.61. The van der Waals surface area contributed by atoms with Crippen LogP contribution in [0.15, 0.2) is 76.6 Å². The summed E-state index contributed by atoms with van der Waals surface area (Å²) in [5.41, 5.74) is 2.88. The first-order valence-electron chi connectivity index (χ1n) is 10.2. The van der Waals surface area contributed by atoms with E-state index in [0.717, 1.165) is 15.8 Å². The van der Waals surface area contributed by atoms with Crippen molar-refractivity contribution in [3.8, 4) is 0 Å². The number of thiazole rings is 1. The summed E-state index contributed by atoms with van der Waals surface area (Å²) in [6, 6.07) is 18.4. The molecule has 1 amide bonds. The monoisotopic (exact) mass is 499 g/mol. The Hall–Kier alpha value is -2.94. The van der Waals surface area contributed by atoms with Gasteiger partial charge in [-0.15, -0.1) is 0 Å². The highest BCUT2D eigenvalue weighted by Gasteiger charge is 2.21. The minimum absolute atomic E-state index is 0.0983. The molecule has 0 unspecified atom stereocenters. The molecule has 0 N–H and O–H groups in total. The predicted octanol–water partition coefficient (Wildman–Crippen LogP) is 5.25. The molecule has 0 fully saturated rings. The van der Waals surface area contributed by atoms with Gasteiger partial charge in [0.1, 0.15) is 0 Å². The molecule has 4 aromatic rings. The zero-order valence-electron chi connectivity index (χ0n) is 18.3. The molecule has 0 saturated carbocycles. The molecule has 3 aromatic carbocycles. The molecule has 0 aliphatic heterocycles. The van der Waals surface area contributed by atoms with E-state index in [9.17, 15) is 13.2 Å². The number of para-hydroxylation sites is 1. The number of benzene rings is 3. The molecule has 9 heteroatoms. The van der Waals surface area contributed by atoms with Crippen molar-refractivity contribution in [2.45, 2.75) is 25.3 Å². The Labute approximate surface area is 201 Å². The summed E-state index contributed by atoms with van der Waals surface area (Å²) in [7, 11) is -2.26. The maximum absolute atomic E-state index is 13.0. The molecular weight excluding hydrogens is 478 g/mol. The number of amides is 1. The first kappa shape index (κ1) is 23.2. The van der Waals surface area contributed by atoms with Crippen molar-refractivity contribution in [2.24, 2.45) is 4.99 Å². The molecule has 0 spiro atoms. The van der Waals surface area contributed by atoms with E-state index in [1.165, 1.54) is 47.0 Å². The standard InChI is InChI=1S/C24H22ClN3O3S2/c1-4-28-22-16(2)14-18(25)15-21(22)32-24(28)26-23(29)17-10-12-20(13-11-17)33(30,31)27(3)19-8-6-5-7-9-19/h5-15H,4H2,1-3H3. The molecule has 0 saturated heterocycles. The number of hydrogen-bond acceptors (Lipinski definition) is 4. The molecule has 6 nitrogen and oxygen atoms in total. The number of aryl methyl sites for hydroxylation is 2. The van der Waals surface area contributed by atoms with Gasteiger partial charge >= 0.3 is 0 Å². The fraction of sp³-hybridized carbons (Fsp3) is 0.167.